The lowest BCUT2D eigenvalue weighted by Gasteiger charge is -2.37. The quantitative estimate of drug-likeness (QED) is 0.641. The van der Waals surface area contributed by atoms with Gasteiger partial charge in [0, 0.05) is 6.04 Å². The van der Waals surface area contributed by atoms with Gasteiger partial charge in [-0.2, -0.15) is 0 Å². The Morgan fingerprint density at radius 2 is 1.83 bits per heavy atom. The van der Waals surface area contributed by atoms with Crippen LogP contribution >= 0.6 is 0 Å². The van der Waals surface area contributed by atoms with Crippen molar-refractivity contribution in [3.8, 4) is 0 Å². The van der Waals surface area contributed by atoms with Gasteiger partial charge in [0.25, 0.3) is 0 Å². The summed E-state index contributed by atoms with van der Waals surface area (Å²) in [4.78, 5) is 0. The summed E-state index contributed by atoms with van der Waals surface area (Å²) in [5.41, 5.74) is 0. The van der Waals surface area contributed by atoms with E-state index in [0.717, 1.165) is 23.8 Å². The predicted octanol–water partition coefficient (Wildman–Crippen LogP) is 5.01. The lowest BCUT2D eigenvalue weighted by atomic mass is 9.74. The van der Waals surface area contributed by atoms with Crippen LogP contribution < -0.4 is 5.32 Å². The van der Waals surface area contributed by atoms with Crippen LogP contribution in [0.2, 0.25) is 0 Å². The van der Waals surface area contributed by atoms with E-state index in [1.807, 2.05) is 0 Å². The summed E-state index contributed by atoms with van der Waals surface area (Å²) in [6.45, 7) is 10.5. The van der Waals surface area contributed by atoms with Crippen molar-refractivity contribution in [2.75, 3.05) is 6.54 Å². The molecule has 0 spiro atoms. The summed E-state index contributed by atoms with van der Waals surface area (Å²) in [5, 5.41) is 3.81. The summed E-state index contributed by atoms with van der Waals surface area (Å²) in [7, 11) is 0. The molecule has 108 valence electrons. The third-order valence-electron chi connectivity index (χ3n) is 4.56. The number of nitrogens with one attached hydrogen (secondary N) is 1. The minimum absolute atomic E-state index is 0.816. The van der Waals surface area contributed by atoms with Crippen LogP contribution in [0.1, 0.15) is 79.1 Å². The van der Waals surface area contributed by atoms with Crippen molar-refractivity contribution in [3.05, 3.63) is 0 Å². The molecular weight excluding hydrogens is 218 g/mol. The SMILES string of the molecule is CCCNC1CCC(CCC)CC1CCC(C)C. The van der Waals surface area contributed by atoms with E-state index in [0.29, 0.717) is 0 Å². The molecule has 1 heteroatoms. The van der Waals surface area contributed by atoms with Gasteiger partial charge in [-0.05, 0) is 56.4 Å². The van der Waals surface area contributed by atoms with Crippen LogP contribution in [-0.2, 0) is 0 Å². The summed E-state index contributed by atoms with van der Waals surface area (Å²) >= 11 is 0. The highest BCUT2D eigenvalue weighted by Gasteiger charge is 2.29. The average molecular weight is 253 g/mol. The first-order chi connectivity index (χ1) is 8.67. The molecule has 1 rings (SSSR count). The Kier molecular flexibility index (Phi) is 7.97. The molecule has 0 aromatic rings. The Hall–Kier alpha value is -0.0400. The van der Waals surface area contributed by atoms with E-state index in [-0.39, 0.29) is 0 Å². The second-order valence-electron chi connectivity index (χ2n) is 6.76. The zero-order chi connectivity index (χ0) is 13.4. The van der Waals surface area contributed by atoms with E-state index in [1.165, 1.54) is 57.9 Å². The molecule has 0 aromatic heterocycles. The summed E-state index contributed by atoms with van der Waals surface area (Å²) in [6.07, 6.45) is 11.3. The number of hydrogen-bond acceptors (Lipinski definition) is 1. The molecule has 1 N–H and O–H groups in total. The van der Waals surface area contributed by atoms with Gasteiger partial charge in [-0.15, -0.1) is 0 Å². The van der Waals surface area contributed by atoms with Gasteiger partial charge < -0.3 is 5.32 Å². The molecular formula is C17H35N. The van der Waals surface area contributed by atoms with Crippen molar-refractivity contribution in [2.24, 2.45) is 17.8 Å². The van der Waals surface area contributed by atoms with Crippen molar-refractivity contribution in [1.82, 2.24) is 5.32 Å². The maximum absolute atomic E-state index is 3.81. The fourth-order valence-electron chi connectivity index (χ4n) is 3.50. The molecule has 0 heterocycles. The molecule has 1 nitrogen and oxygen atoms in total. The smallest absolute Gasteiger partial charge is 0.00955 e. The molecule has 0 saturated heterocycles. The fraction of sp³-hybridized carbons (Fsp3) is 1.00. The monoisotopic (exact) mass is 253 g/mol. The molecule has 18 heavy (non-hydrogen) atoms. The van der Waals surface area contributed by atoms with Crippen LogP contribution in [0.4, 0.5) is 0 Å². The van der Waals surface area contributed by atoms with Crippen LogP contribution in [0.3, 0.4) is 0 Å². The molecule has 3 atom stereocenters. The van der Waals surface area contributed by atoms with Gasteiger partial charge in [0.2, 0.25) is 0 Å². The third kappa shape index (κ3) is 5.73. The first kappa shape index (κ1) is 16.0. The Morgan fingerprint density at radius 1 is 1.06 bits per heavy atom. The van der Waals surface area contributed by atoms with Crippen LogP contribution in [0.15, 0.2) is 0 Å². The average Bonchev–Trinajstić information content (AvgIpc) is 2.35. The van der Waals surface area contributed by atoms with Gasteiger partial charge in [0.05, 0.1) is 0 Å². The summed E-state index contributed by atoms with van der Waals surface area (Å²) < 4.78 is 0. The predicted molar refractivity (Wildman–Crippen MR) is 81.9 cm³/mol. The minimum Gasteiger partial charge on any atom is -0.314 e. The first-order valence-electron chi connectivity index (χ1n) is 8.40. The first-order valence-corrected chi connectivity index (χ1v) is 8.40. The van der Waals surface area contributed by atoms with Gasteiger partial charge in [-0.3, -0.25) is 0 Å². The van der Waals surface area contributed by atoms with Crippen LogP contribution in [-0.4, -0.2) is 12.6 Å². The van der Waals surface area contributed by atoms with Gasteiger partial charge in [-0.1, -0.05) is 47.0 Å². The van der Waals surface area contributed by atoms with Gasteiger partial charge >= 0.3 is 0 Å². The van der Waals surface area contributed by atoms with E-state index in [9.17, 15) is 0 Å². The second-order valence-corrected chi connectivity index (χ2v) is 6.76. The Bertz CT molecular complexity index is 200. The van der Waals surface area contributed by atoms with Crippen molar-refractivity contribution in [2.45, 2.75) is 85.1 Å². The molecule has 0 aliphatic heterocycles. The van der Waals surface area contributed by atoms with Crippen LogP contribution in [0, 0.1) is 17.8 Å². The molecule has 1 saturated carbocycles. The highest BCUT2D eigenvalue weighted by atomic mass is 14.9. The molecule has 0 bridgehead atoms. The van der Waals surface area contributed by atoms with E-state index in [1.54, 1.807) is 0 Å². The second kappa shape index (κ2) is 8.96. The number of rotatable bonds is 8. The Morgan fingerprint density at radius 3 is 2.44 bits per heavy atom. The van der Waals surface area contributed by atoms with Crippen molar-refractivity contribution >= 4 is 0 Å². The van der Waals surface area contributed by atoms with Gasteiger partial charge in [0.15, 0.2) is 0 Å². The van der Waals surface area contributed by atoms with Crippen molar-refractivity contribution in [1.29, 1.82) is 0 Å². The number of hydrogen-bond donors (Lipinski definition) is 1. The molecule has 3 unspecified atom stereocenters. The Labute approximate surface area is 115 Å². The molecule has 0 amide bonds. The molecule has 0 radical (unpaired) electrons. The molecule has 0 aromatic carbocycles. The van der Waals surface area contributed by atoms with Crippen molar-refractivity contribution < 1.29 is 0 Å². The van der Waals surface area contributed by atoms with Gasteiger partial charge in [0.1, 0.15) is 0 Å². The largest absolute Gasteiger partial charge is 0.314 e. The minimum atomic E-state index is 0.816. The fourth-order valence-corrected chi connectivity index (χ4v) is 3.50. The molecule has 1 aliphatic rings. The Balaban J connectivity index is 2.43. The summed E-state index contributed by atoms with van der Waals surface area (Å²) in [6, 6.07) is 0.816. The summed E-state index contributed by atoms with van der Waals surface area (Å²) in [5.74, 6) is 2.83. The zero-order valence-corrected chi connectivity index (χ0v) is 13.2. The van der Waals surface area contributed by atoms with Crippen LogP contribution in [0.5, 0.6) is 0 Å². The maximum atomic E-state index is 3.81. The highest BCUT2D eigenvalue weighted by Crippen LogP contribution is 2.35. The lowest BCUT2D eigenvalue weighted by Crippen LogP contribution is -2.41. The third-order valence-corrected chi connectivity index (χ3v) is 4.56. The standard InChI is InChI=1S/C17H35N/c1-5-7-15-9-11-17(18-12-6-2)16(13-15)10-8-14(3)4/h14-18H,5-13H2,1-4H3. The normalized spacial score (nSPS) is 28.8. The van der Waals surface area contributed by atoms with Crippen molar-refractivity contribution in [3.63, 3.8) is 0 Å². The zero-order valence-electron chi connectivity index (χ0n) is 13.2. The lowest BCUT2D eigenvalue weighted by molar-refractivity contribution is 0.179. The van der Waals surface area contributed by atoms with Crippen LogP contribution in [0.25, 0.3) is 0 Å². The van der Waals surface area contributed by atoms with E-state index < -0.39 is 0 Å². The van der Waals surface area contributed by atoms with E-state index in [4.69, 9.17) is 0 Å². The maximum Gasteiger partial charge on any atom is 0.00955 e. The molecule has 1 aliphatic carbocycles. The highest BCUT2D eigenvalue weighted by molar-refractivity contribution is 4.84. The topological polar surface area (TPSA) is 12.0 Å². The van der Waals surface area contributed by atoms with Gasteiger partial charge in [-0.25, -0.2) is 0 Å². The van der Waals surface area contributed by atoms with E-state index >= 15 is 0 Å². The molecule has 1 fully saturated rings. The van der Waals surface area contributed by atoms with E-state index in [2.05, 4.69) is 33.0 Å².